The molecule has 0 radical (unpaired) electrons. The summed E-state index contributed by atoms with van der Waals surface area (Å²) in [6.45, 7) is 7.00. The van der Waals surface area contributed by atoms with Crippen LogP contribution in [0.4, 0.5) is 0 Å². The Morgan fingerprint density at radius 1 is 0.946 bits per heavy atom. The summed E-state index contributed by atoms with van der Waals surface area (Å²) in [4.78, 5) is 26.0. The Labute approximate surface area is 222 Å². The molecule has 0 amide bonds. The standard InChI is InChI=1S/C28H39ClO8/c1-23-11-16(17(12-23)37-22(33)26(23,4)34)27(35)21(32)10-15-13-9-18(29)28(36)20(31)6-5-19(30)25(28,3)14(13)7-8-24(15,27)2/h5-6,13-18,20-21,31-32,34-36H,7-12H2,1-4H3/t13-,14+,15+,16-,17-,18+,20+,21-,23-,24+,25+,26+,27-,28+/m1/s1. The monoisotopic (exact) mass is 538 g/mol. The van der Waals surface area contributed by atoms with Gasteiger partial charge in [0.05, 0.1) is 16.9 Å². The Morgan fingerprint density at radius 2 is 1.62 bits per heavy atom. The second-order valence-electron chi connectivity index (χ2n) is 13.9. The van der Waals surface area contributed by atoms with Crippen molar-refractivity contribution in [2.45, 2.75) is 107 Å². The maximum absolute atomic E-state index is 13.3. The van der Waals surface area contributed by atoms with Crippen LogP contribution in [0.25, 0.3) is 0 Å². The Kier molecular flexibility index (Phi) is 5.22. The Bertz CT molecular complexity index is 1090. The number of aliphatic hydroxyl groups excluding tert-OH is 2. The van der Waals surface area contributed by atoms with Crippen molar-refractivity contribution in [2.24, 2.45) is 39.9 Å². The number of hydrogen-bond acceptors (Lipinski definition) is 8. The van der Waals surface area contributed by atoms with Gasteiger partial charge in [0.25, 0.3) is 0 Å². The van der Waals surface area contributed by atoms with E-state index in [9.17, 15) is 35.1 Å². The average molecular weight is 539 g/mol. The second kappa shape index (κ2) is 7.38. The van der Waals surface area contributed by atoms with E-state index >= 15 is 0 Å². The summed E-state index contributed by atoms with van der Waals surface area (Å²) in [5.41, 5.74) is -7.90. The number of allylic oxidation sites excluding steroid dienone is 1. The third kappa shape index (κ3) is 2.69. The molecule has 0 spiro atoms. The lowest BCUT2D eigenvalue weighted by Gasteiger charge is -2.64. The van der Waals surface area contributed by atoms with Crippen LogP contribution in [0.3, 0.4) is 0 Å². The fourth-order valence-corrected chi connectivity index (χ4v) is 10.8. The zero-order valence-electron chi connectivity index (χ0n) is 21.9. The van der Waals surface area contributed by atoms with Crippen molar-refractivity contribution in [3.8, 4) is 0 Å². The van der Waals surface area contributed by atoms with E-state index in [0.29, 0.717) is 38.5 Å². The molecule has 2 bridgehead atoms. The number of alkyl halides is 1. The predicted molar refractivity (Wildman–Crippen MR) is 132 cm³/mol. The first-order valence-corrected chi connectivity index (χ1v) is 14.0. The van der Waals surface area contributed by atoms with Crippen LogP contribution in [-0.2, 0) is 14.3 Å². The van der Waals surface area contributed by atoms with E-state index in [0.717, 1.165) is 0 Å². The molecule has 0 aromatic carbocycles. The lowest BCUT2D eigenvalue weighted by atomic mass is 9.42. The molecule has 6 aliphatic rings. The molecule has 0 aromatic heterocycles. The molecule has 1 heterocycles. The zero-order chi connectivity index (χ0) is 27.1. The van der Waals surface area contributed by atoms with Crippen molar-refractivity contribution >= 4 is 23.4 Å². The lowest BCUT2D eigenvalue weighted by Crippen LogP contribution is -2.73. The molecule has 9 heteroatoms. The third-order valence-corrected chi connectivity index (χ3v) is 13.3. The van der Waals surface area contributed by atoms with E-state index in [2.05, 4.69) is 0 Å². The number of rotatable bonds is 1. The number of carbonyl (C=O) groups is 2. The summed E-state index contributed by atoms with van der Waals surface area (Å²) < 4.78 is 5.68. The molecule has 5 fully saturated rings. The van der Waals surface area contributed by atoms with Gasteiger partial charge in [0.1, 0.15) is 23.4 Å². The highest BCUT2D eigenvalue weighted by Gasteiger charge is 2.77. The van der Waals surface area contributed by atoms with E-state index in [4.69, 9.17) is 16.3 Å². The van der Waals surface area contributed by atoms with Crippen LogP contribution < -0.4 is 0 Å². The largest absolute Gasteiger partial charge is 0.460 e. The van der Waals surface area contributed by atoms with Crippen molar-refractivity contribution in [2.75, 3.05) is 0 Å². The maximum Gasteiger partial charge on any atom is 0.338 e. The molecule has 5 N–H and O–H groups in total. The zero-order valence-corrected chi connectivity index (χ0v) is 22.6. The van der Waals surface area contributed by atoms with Crippen LogP contribution in [0.5, 0.6) is 0 Å². The number of esters is 1. The van der Waals surface area contributed by atoms with E-state index in [1.165, 1.54) is 19.1 Å². The first-order valence-electron chi connectivity index (χ1n) is 13.6. The van der Waals surface area contributed by atoms with Crippen LogP contribution in [0.1, 0.15) is 66.2 Å². The van der Waals surface area contributed by atoms with Crippen molar-refractivity contribution in [3.63, 3.8) is 0 Å². The summed E-state index contributed by atoms with van der Waals surface area (Å²) in [5.74, 6) is -2.16. The van der Waals surface area contributed by atoms with E-state index in [1.807, 2.05) is 13.8 Å². The van der Waals surface area contributed by atoms with Gasteiger partial charge in [-0.15, -0.1) is 11.6 Å². The van der Waals surface area contributed by atoms with Crippen LogP contribution in [0, 0.1) is 39.9 Å². The van der Waals surface area contributed by atoms with Gasteiger partial charge in [-0.05, 0) is 82.3 Å². The minimum Gasteiger partial charge on any atom is -0.460 e. The number of carbonyl (C=O) groups excluding carboxylic acids is 2. The van der Waals surface area contributed by atoms with Gasteiger partial charge in [-0.1, -0.05) is 13.8 Å². The Morgan fingerprint density at radius 3 is 2.30 bits per heavy atom. The first kappa shape index (κ1) is 26.2. The molecule has 206 valence electrons. The minimum absolute atomic E-state index is 0.167. The van der Waals surface area contributed by atoms with E-state index < -0.39 is 68.6 Å². The van der Waals surface area contributed by atoms with Gasteiger partial charge < -0.3 is 30.3 Å². The molecule has 0 aromatic rings. The number of fused-ring (bicyclic) bond motifs is 7. The summed E-state index contributed by atoms with van der Waals surface area (Å²) in [7, 11) is 0. The molecule has 8 nitrogen and oxygen atoms in total. The predicted octanol–water partition coefficient (Wildman–Crippen LogP) is 1.47. The molecule has 6 rings (SSSR count). The molecule has 4 saturated carbocycles. The lowest BCUT2D eigenvalue weighted by molar-refractivity contribution is -0.232. The first-order chi connectivity index (χ1) is 17.0. The molecular formula is C28H39ClO8. The van der Waals surface area contributed by atoms with Crippen molar-refractivity contribution < 1.29 is 39.9 Å². The maximum atomic E-state index is 13.3. The SMILES string of the molecule is C[C@@]12C[C@@H]([C@@]3(O)[C@H](O)C[C@H]4[C@@H]5C[C@H](Cl)[C@]6(O)[C@@H](O)C=CC(=O)[C@]6(C)[C@H]5CC[C@@]43C)[C@@H](C1)OC(=O)[C@]2(C)O. The van der Waals surface area contributed by atoms with E-state index in [1.54, 1.807) is 6.92 Å². The molecule has 37 heavy (non-hydrogen) atoms. The van der Waals surface area contributed by atoms with Crippen molar-refractivity contribution in [1.82, 2.24) is 0 Å². The van der Waals surface area contributed by atoms with Crippen LogP contribution >= 0.6 is 11.6 Å². The highest BCUT2D eigenvalue weighted by Crippen LogP contribution is 2.72. The number of ether oxygens (including phenoxy) is 1. The smallest absolute Gasteiger partial charge is 0.338 e. The second-order valence-corrected chi connectivity index (χ2v) is 14.4. The molecular weight excluding hydrogens is 500 g/mol. The molecule has 14 atom stereocenters. The van der Waals surface area contributed by atoms with Gasteiger partial charge in [-0.25, -0.2) is 4.79 Å². The quantitative estimate of drug-likeness (QED) is 0.249. The number of halogens is 1. The summed E-state index contributed by atoms with van der Waals surface area (Å²) in [6, 6.07) is 0. The summed E-state index contributed by atoms with van der Waals surface area (Å²) in [5, 5.41) is 56.6. The molecule has 0 unspecified atom stereocenters. The van der Waals surface area contributed by atoms with Gasteiger partial charge in [0.15, 0.2) is 11.4 Å². The molecule has 1 aliphatic heterocycles. The number of hydrogen-bond donors (Lipinski definition) is 5. The van der Waals surface area contributed by atoms with Crippen molar-refractivity contribution in [3.05, 3.63) is 12.2 Å². The van der Waals surface area contributed by atoms with Gasteiger partial charge in [0.2, 0.25) is 0 Å². The Balaban J connectivity index is 1.40. The van der Waals surface area contributed by atoms with Gasteiger partial charge >= 0.3 is 5.97 Å². The highest BCUT2D eigenvalue weighted by atomic mass is 35.5. The summed E-state index contributed by atoms with van der Waals surface area (Å²) >= 11 is 6.80. The normalized spacial score (nSPS) is 62.5. The van der Waals surface area contributed by atoms with Gasteiger partial charge in [-0.3, -0.25) is 4.79 Å². The van der Waals surface area contributed by atoms with Gasteiger partial charge in [0, 0.05) is 16.7 Å². The highest BCUT2D eigenvalue weighted by molar-refractivity contribution is 6.22. The summed E-state index contributed by atoms with van der Waals surface area (Å²) in [6.07, 6.45) is 2.08. The molecule has 5 aliphatic carbocycles. The topological polar surface area (TPSA) is 145 Å². The third-order valence-electron chi connectivity index (χ3n) is 12.8. The minimum atomic E-state index is -1.81. The fraction of sp³-hybridized carbons (Fsp3) is 0.857. The van der Waals surface area contributed by atoms with Crippen molar-refractivity contribution in [1.29, 1.82) is 0 Å². The average Bonchev–Trinajstić information content (AvgIpc) is 3.25. The van der Waals surface area contributed by atoms with Crippen LogP contribution in [0.15, 0.2) is 12.2 Å². The van der Waals surface area contributed by atoms with Crippen LogP contribution in [0.2, 0.25) is 0 Å². The Hall–Kier alpha value is -1.03. The van der Waals surface area contributed by atoms with E-state index in [-0.39, 0.29) is 23.5 Å². The molecule has 1 saturated heterocycles. The fourth-order valence-electron chi connectivity index (χ4n) is 10.2. The number of aliphatic hydroxyl groups is 5. The van der Waals surface area contributed by atoms with Crippen LogP contribution in [-0.4, -0.2) is 77.8 Å². The van der Waals surface area contributed by atoms with Gasteiger partial charge in [-0.2, -0.15) is 0 Å². The number of ketones is 1.